The van der Waals surface area contributed by atoms with Gasteiger partial charge in [0.25, 0.3) is 0 Å². The van der Waals surface area contributed by atoms with Crippen molar-refractivity contribution in [1.82, 2.24) is 9.21 Å². The average molecular weight is 353 g/mol. The predicted octanol–water partition coefficient (Wildman–Crippen LogP) is 2.49. The zero-order chi connectivity index (χ0) is 18.1. The fourth-order valence-corrected chi connectivity index (χ4v) is 4.72. The Kier molecular flexibility index (Phi) is 5.71. The Labute approximate surface area is 145 Å². The number of carbonyl (C=O) groups excluding carboxylic acids is 1. The first-order valence-corrected chi connectivity index (χ1v) is 9.92. The average Bonchev–Trinajstić information content (AvgIpc) is 2.50. The molecule has 5 nitrogen and oxygen atoms in total. The van der Waals surface area contributed by atoms with Crippen molar-refractivity contribution in [1.29, 1.82) is 0 Å². The van der Waals surface area contributed by atoms with E-state index in [4.69, 9.17) is 0 Å². The van der Waals surface area contributed by atoms with Gasteiger partial charge in [-0.2, -0.15) is 4.31 Å². The fraction of sp³-hybridized carbons (Fsp3) is 0.611. The summed E-state index contributed by atoms with van der Waals surface area (Å²) < 4.78 is 27.4. The Morgan fingerprint density at radius 3 is 2.08 bits per heavy atom. The standard InChI is InChI=1S/C18H28N2O3S/c1-13(2)10-18(21)19-6-8-20(9-7-19)24(22,23)17-12-15(4)14(3)11-16(17)5/h11-13H,6-10H2,1-5H3. The first kappa shape index (κ1) is 18.9. The number of carbonyl (C=O) groups is 1. The molecule has 1 aromatic rings. The van der Waals surface area contributed by atoms with Gasteiger partial charge in [0.1, 0.15) is 0 Å². The highest BCUT2D eigenvalue weighted by Gasteiger charge is 2.31. The highest BCUT2D eigenvalue weighted by atomic mass is 32.2. The van der Waals surface area contributed by atoms with Gasteiger partial charge in [-0.15, -0.1) is 0 Å². The first-order chi connectivity index (χ1) is 11.1. The van der Waals surface area contributed by atoms with Gasteiger partial charge in [0, 0.05) is 32.6 Å². The van der Waals surface area contributed by atoms with Crippen LogP contribution in [0.3, 0.4) is 0 Å². The van der Waals surface area contributed by atoms with Crippen molar-refractivity contribution >= 4 is 15.9 Å². The molecule has 1 aromatic carbocycles. The number of aryl methyl sites for hydroxylation is 3. The lowest BCUT2D eigenvalue weighted by Gasteiger charge is -2.34. The maximum absolute atomic E-state index is 12.9. The Morgan fingerprint density at radius 1 is 1.00 bits per heavy atom. The SMILES string of the molecule is Cc1cc(C)c(S(=O)(=O)N2CCN(C(=O)CC(C)C)CC2)cc1C. The molecule has 1 aliphatic rings. The summed E-state index contributed by atoms with van der Waals surface area (Å²) in [6.07, 6.45) is 0.517. The summed E-state index contributed by atoms with van der Waals surface area (Å²) in [6.45, 7) is 11.4. The third-order valence-electron chi connectivity index (χ3n) is 4.58. The molecular formula is C18H28N2O3S. The van der Waals surface area contributed by atoms with Crippen LogP contribution in [0, 0.1) is 26.7 Å². The van der Waals surface area contributed by atoms with Crippen molar-refractivity contribution in [2.24, 2.45) is 5.92 Å². The molecule has 0 bridgehead atoms. The van der Waals surface area contributed by atoms with Gasteiger partial charge in [0.05, 0.1) is 4.90 Å². The fourth-order valence-electron chi connectivity index (χ4n) is 3.01. The van der Waals surface area contributed by atoms with E-state index in [2.05, 4.69) is 0 Å². The van der Waals surface area contributed by atoms with E-state index in [1.807, 2.05) is 40.7 Å². The van der Waals surface area contributed by atoms with Crippen LogP contribution in [0.4, 0.5) is 0 Å². The lowest BCUT2D eigenvalue weighted by molar-refractivity contribution is -0.133. The quantitative estimate of drug-likeness (QED) is 0.836. The maximum Gasteiger partial charge on any atom is 0.243 e. The van der Waals surface area contributed by atoms with Crippen LogP contribution >= 0.6 is 0 Å². The van der Waals surface area contributed by atoms with Crippen LogP contribution in [0.15, 0.2) is 17.0 Å². The molecule has 1 amide bonds. The highest BCUT2D eigenvalue weighted by molar-refractivity contribution is 7.89. The van der Waals surface area contributed by atoms with E-state index in [1.165, 1.54) is 4.31 Å². The van der Waals surface area contributed by atoms with Crippen molar-refractivity contribution < 1.29 is 13.2 Å². The molecule has 1 aliphatic heterocycles. The molecule has 1 heterocycles. The van der Waals surface area contributed by atoms with Gasteiger partial charge in [-0.3, -0.25) is 4.79 Å². The van der Waals surface area contributed by atoms with Crippen LogP contribution in [-0.2, 0) is 14.8 Å². The van der Waals surface area contributed by atoms with Gasteiger partial charge < -0.3 is 4.90 Å². The lowest BCUT2D eigenvalue weighted by Crippen LogP contribution is -2.50. The molecule has 1 saturated heterocycles. The van der Waals surface area contributed by atoms with E-state index in [1.54, 1.807) is 11.0 Å². The number of hydrogen-bond donors (Lipinski definition) is 0. The van der Waals surface area contributed by atoms with Crippen molar-refractivity contribution in [2.45, 2.75) is 45.9 Å². The van der Waals surface area contributed by atoms with E-state index in [-0.39, 0.29) is 5.91 Å². The second kappa shape index (κ2) is 7.23. The van der Waals surface area contributed by atoms with Gasteiger partial charge in [0.15, 0.2) is 0 Å². The minimum Gasteiger partial charge on any atom is -0.340 e. The summed E-state index contributed by atoms with van der Waals surface area (Å²) in [7, 11) is -3.51. The number of rotatable bonds is 4. The third-order valence-corrected chi connectivity index (χ3v) is 6.62. The zero-order valence-electron chi connectivity index (χ0n) is 15.3. The van der Waals surface area contributed by atoms with E-state index >= 15 is 0 Å². The molecular weight excluding hydrogens is 324 g/mol. The predicted molar refractivity (Wildman–Crippen MR) is 95.4 cm³/mol. The van der Waals surface area contributed by atoms with E-state index < -0.39 is 10.0 Å². The number of nitrogens with zero attached hydrogens (tertiary/aromatic N) is 2. The molecule has 0 atom stereocenters. The van der Waals surface area contributed by atoms with Crippen LogP contribution in [0.25, 0.3) is 0 Å². The topological polar surface area (TPSA) is 57.7 Å². The van der Waals surface area contributed by atoms with Gasteiger partial charge in [-0.05, 0) is 49.4 Å². The summed E-state index contributed by atoms with van der Waals surface area (Å²) in [5.74, 6) is 0.432. The van der Waals surface area contributed by atoms with Gasteiger partial charge in [-0.25, -0.2) is 8.42 Å². The molecule has 1 fully saturated rings. The molecule has 6 heteroatoms. The van der Waals surface area contributed by atoms with Crippen LogP contribution in [-0.4, -0.2) is 49.7 Å². The maximum atomic E-state index is 12.9. The van der Waals surface area contributed by atoms with Gasteiger partial charge >= 0.3 is 0 Å². The second-order valence-corrected chi connectivity index (χ2v) is 8.99. The highest BCUT2D eigenvalue weighted by Crippen LogP contribution is 2.24. The molecule has 0 aliphatic carbocycles. The molecule has 134 valence electrons. The number of benzene rings is 1. The van der Waals surface area contributed by atoms with Gasteiger partial charge in [0.2, 0.25) is 15.9 Å². The summed E-state index contributed by atoms with van der Waals surface area (Å²) >= 11 is 0. The van der Waals surface area contributed by atoms with Crippen LogP contribution in [0.2, 0.25) is 0 Å². The van der Waals surface area contributed by atoms with E-state index in [0.717, 1.165) is 16.7 Å². The van der Waals surface area contributed by atoms with Gasteiger partial charge in [-0.1, -0.05) is 19.9 Å². The van der Waals surface area contributed by atoms with Crippen molar-refractivity contribution in [3.8, 4) is 0 Å². The summed E-state index contributed by atoms with van der Waals surface area (Å²) in [4.78, 5) is 14.3. The van der Waals surface area contributed by atoms with Crippen LogP contribution in [0.1, 0.15) is 37.0 Å². The largest absolute Gasteiger partial charge is 0.340 e. The van der Waals surface area contributed by atoms with E-state index in [9.17, 15) is 13.2 Å². The number of piperazine rings is 1. The second-order valence-electron chi connectivity index (χ2n) is 7.08. The number of amides is 1. The Morgan fingerprint density at radius 2 is 1.54 bits per heavy atom. The van der Waals surface area contributed by atoms with E-state index in [0.29, 0.717) is 43.4 Å². The van der Waals surface area contributed by atoms with Crippen molar-refractivity contribution in [3.63, 3.8) is 0 Å². The Bertz CT molecular complexity index is 718. The zero-order valence-corrected chi connectivity index (χ0v) is 16.1. The minimum absolute atomic E-state index is 0.115. The molecule has 0 saturated carbocycles. The lowest BCUT2D eigenvalue weighted by atomic mass is 10.1. The van der Waals surface area contributed by atoms with Crippen LogP contribution < -0.4 is 0 Å². The molecule has 24 heavy (non-hydrogen) atoms. The van der Waals surface area contributed by atoms with Crippen LogP contribution in [0.5, 0.6) is 0 Å². The summed E-state index contributed by atoms with van der Waals surface area (Å²) in [6, 6.07) is 3.68. The molecule has 2 rings (SSSR count). The third kappa shape index (κ3) is 3.98. The monoisotopic (exact) mass is 352 g/mol. The van der Waals surface area contributed by atoms with Crippen molar-refractivity contribution in [3.05, 3.63) is 28.8 Å². The molecule has 0 spiro atoms. The first-order valence-electron chi connectivity index (χ1n) is 8.48. The van der Waals surface area contributed by atoms with Crippen molar-refractivity contribution in [2.75, 3.05) is 26.2 Å². The number of hydrogen-bond acceptors (Lipinski definition) is 3. The minimum atomic E-state index is -3.51. The smallest absolute Gasteiger partial charge is 0.243 e. The Hall–Kier alpha value is -1.40. The molecule has 0 N–H and O–H groups in total. The molecule has 0 unspecified atom stereocenters. The number of sulfonamides is 1. The normalized spacial score (nSPS) is 16.7. The summed E-state index contributed by atoms with van der Waals surface area (Å²) in [5.41, 5.74) is 2.84. The summed E-state index contributed by atoms with van der Waals surface area (Å²) in [5, 5.41) is 0. The Balaban J connectivity index is 2.13. The molecule has 0 radical (unpaired) electrons. The molecule has 0 aromatic heterocycles.